The summed E-state index contributed by atoms with van der Waals surface area (Å²) in [7, 11) is 0. The molecule has 2 heterocycles. The molecule has 29 heavy (non-hydrogen) atoms. The van der Waals surface area contributed by atoms with Crippen LogP contribution in [-0.4, -0.2) is 36.2 Å². The van der Waals surface area contributed by atoms with E-state index >= 15 is 0 Å². The Bertz CT molecular complexity index is 1100. The molecule has 1 saturated heterocycles. The number of pyridine rings is 1. The highest BCUT2D eigenvalue weighted by molar-refractivity contribution is 9.10. The van der Waals surface area contributed by atoms with Crippen LogP contribution in [-0.2, 0) is 4.74 Å². The largest absolute Gasteiger partial charge is 0.378 e. The molecule has 0 radical (unpaired) electrons. The maximum atomic E-state index is 14.2. The minimum atomic E-state index is -0.438. The van der Waals surface area contributed by atoms with Gasteiger partial charge < -0.3 is 15.0 Å². The van der Waals surface area contributed by atoms with E-state index in [1.165, 1.54) is 6.07 Å². The van der Waals surface area contributed by atoms with Gasteiger partial charge in [0.05, 0.1) is 28.3 Å². The highest BCUT2D eigenvalue weighted by Gasteiger charge is 2.23. The Hall–Kier alpha value is -2.78. The summed E-state index contributed by atoms with van der Waals surface area (Å²) in [5.41, 5.74) is 2.47. The monoisotopic (exact) mass is 460 g/mol. The number of hydrogen-bond donors (Lipinski definition) is 1. The Kier molecular flexibility index (Phi) is 5.33. The lowest BCUT2D eigenvalue weighted by atomic mass is 10.1. The first kappa shape index (κ1) is 19.5. The van der Waals surface area contributed by atoms with E-state index in [9.17, 15) is 14.5 Å². The van der Waals surface area contributed by atoms with Crippen LogP contribution >= 0.6 is 15.9 Å². The molecule has 1 N–H and O–H groups in total. The van der Waals surface area contributed by atoms with Crippen molar-refractivity contribution in [2.45, 2.75) is 6.92 Å². The smallest absolute Gasteiger partial charge is 0.306 e. The van der Waals surface area contributed by atoms with Gasteiger partial charge in [-0.15, -0.1) is 0 Å². The quantitative estimate of drug-likeness (QED) is 0.438. The number of para-hydroxylation sites is 1. The maximum absolute atomic E-state index is 14.2. The number of rotatable bonds is 4. The van der Waals surface area contributed by atoms with Gasteiger partial charge in [-0.1, -0.05) is 12.1 Å². The average molecular weight is 461 g/mol. The van der Waals surface area contributed by atoms with Gasteiger partial charge in [0.2, 0.25) is 0 Å². The number of fused-ring (bicyclic) bond motifs is 1. The topological polar surface area (TPSA) is 80.5 Å². The fourth-order valence-electron chi connectivity index (χ4n) is 3.46. The molecule has 7 nitrogen and oxygen atoms in total. The predicted octanol–water partition coefficient (Wildman–Crippen LogP) is 4.93. The van der Waals surface area contributed by atoms with Gasteiger partial charge in [-0.05, 0) is 47.1 Å². The summed E-state index contributed by atoms with van der Waals surface area (Å²) in [5.74, 6) is -0.438. The van der Waals surface area contributed by atoms with Gasteiger partial charge in [0.15, 0.2) is 0 Å². The summed E-state index contributed by atoms with van der Waals surface area (Å²) in [6.45, 7) is 4.36. The molecule has 0 amide bonds. The molecule has 0 bridgehead atoms. The molecule has 0 saturated carbocycles. The third-order valence-corrected chi connectivity index (χ3v) is 5.40. The standard InChI is InChI=1S/C20H18BrFN4O3/c1-12-9-17(14-3-2-4-16(22)19(14)23-12)24-18-11-13(25-5-7-29-8-6-25)10-15(21)20(18)26(27)28/h2-4,9-11H,5-8H2,1H3,(H,23,24). The molecular formula is C20H18BrFN4O3. The Morgan fingerprint density at radius 3 is 2.72 bits per heavy atom. The average Bonchev–Trinajstić information content (AvgIpc) is 2.69. The fourth-order valence-corrected chi connectivity index (χ4v) is 4.05. The number of hydrogen-bond acceptors (Lipinski definition) is 6. The lowest BCUT2D eigenvalue weighted by Gasteiger charge is -2.29. The van der Waals surface area contributed by atoms with Gasteiger partial charge >= 0.3 is 5.69 Å². The SMILES string of the molecule is Cc1cc(Nc2cc(N3CCOCC3)cc(Br)c2[N+](=O)[O-])c2cccc(F)c2n1. The molecule has 1 aliphatic rings. The third-order valence-electron chi connectivity index (χ3n) is 4.79. The number of nitrogens with one attached hydrogen (secondary N) is 1. The Morgan fingerprint density at radius 2 is 2.00 bits per heavy atom. The van der Waals surface area contributed by atoms with Crippen molar-refractivity contribution in [3.05, 3.63) is 62.5 Å². The highest BCUT2D eigenvalue weighted by atomic mass is 79.9. The lowest BCUT2D eigenvalue weighted by molar-refractivity contribution is -0.384. The second-order valence-corrected chi connectivity index (χ2v) is 7.61. The van der Waals surface area contributed by atoms with Crippen LogP contribution in [0.15, 0.2) is 40.9 Å². The number of anilines is 3. The van der Waals surface area contributed by atoms with E-state index in [0.29, 0.717) is 53.2 Å². The van der Waals surface area contributed by atoms with Crippen molar-refractivity contribution in [1.29, 1.82) is 0 Å². The van der Waals surface area contributed by atoms with Gasteiger partial charge in [-0.2, -0.15) is 0 Å². The summed E-state index contributed by atoms with van der Waals surface area (Å²) in [4.78, 5) is 17.7. The summed E-state index contributed by atoms with van der Waals surface area (Å²) >= 11 is 3.34. The van der Waals surface area contributed by atoms with E-state index in [0.717, 1.165) is 5.69 Å². The molecule has 0 aliphatic carbocycles. The fraction of sp³-hybridized carbons (Fsp3) is 0.250. The zero-order chi connectivity index (χ0) is 20.5. The first-order valence-corrected chi connectivity index (χ1v) is 9.87. The van der Waals surface area contributed by atoms with Crippen molar-refractivity contribution in [2.75, 3.05) is 36.5 Å². The predicted molar refractivity (Wildman–Crippen MR) is 114 cm³/mol. The second-order valence-electron chi connectivity index (χ2n) is 6.75. The Morgan fingerprint density at radius 1 is 1.24 bits per heavy atom. The van der Waals surface area contributed by atoms with Crippen molar-refractivity contribution < 1.29 is 14.1 Å². The van der Waals surface area contributed by atoms with Crippen molar-refractivity contribution in [3.63, 3.8) is 0 Å². The van der Waals surface area contributed by atoms with E-state index in [2.05, 4.69) is 31.1 Å². The van der Waals surface area contributed by atoms with Crippen LogP contribution in [0.2, 0.25) is 0 Å². The van der Waals surface area contributed by atoms with E-state index in [1.807, 2.05) is 0 Å². The van der Waals surface area contributed by atoms with E-state index in [-0.39, 0.29) is 11.2 Å². The summed E-state index contributed by atoms with van der Waals surface area (Å²) in [6, 6.07) is 9.91. The van der Waals surface area contributed by atoms with Crippen LogP contribution in [0.25, 0.3) is 10.9 Å². The zero-order valence-electron chi connectivity index (χ0n) is 15.6. The molecule has 0 unspecified atom stereocenters. The molecule has 3 aromatic rings. The molecule has 0 atom stereocenters. The van der Waals surface area contributed by atoms with Gasteiger partial charge in [0.25, 0.3) is 0 Å². The number of halogens is 2. The molecule has 2 aromatic carbocycles. The number of aromatic nitrogens is 1. The van der Waals surface area contributed by atoms with Gasteiger partial charge in [-0.3, -0.25) is 10.1 Å². The molecular weight excluding hydrogens is 443 g/mol. The maximum Gasteiger partial charge on any atom is 0.306 e. The number of nitro groups is 1. The van der Waals surface area contributed by atoms with E-state index in [1.54, 1.807) is 37.3 Å². The van der Waals surface area contributed by atoms with Crippen LogP contribution in [0.1, 0.15) is 5.69 Å². The Balaban J connectivity index is 1.84. The molecule has 1 fully saturated rings. The Labute approximate surface area is 174 Å². The minimum absolute atomic E-state index is 0.0824. The van der Waals surface area contributed by atoms with Crippen molar-refractivity contribution in [1.82, 2.24) is 4.98 Å². The minimum Gasteiger partial charge on any atom is -0.378 e. The molecule has 150 valence electrons. The van der Waals surface area contributed by atoms with Gasteiger partial charge in [-0.25, -0.2) is 9.37 Å². The molecule has 1 aromatic heterocycles. The molecule has 0 spiro atoms. The lowest BCUT2D eigenvalue weighted by Crippen LogP contribution is -2.36. The van der Waals surface area contributed by atoms with Crippen LogP contribution in [0.4, 0.5) is 27.1 Å². The highest BCUT2D eigenvalue weighted by Crippen LogP contribution is 2.40. The molecule has 1 aliphatic heterocycles. The number of morpholine rings is 1. The van der Waals surface area contributed by atoms with E-state index in [4.69, 9.17) is 4.74 Å². The van der Waals surface area contributed by atoms with Crippen molar-refractivity contribution in [3.8, 4) is 0 Å². The number of nitro benzene ring substituents is 1. The van der Waals surface area contributed by atoms with Crippen LogP contribution < -0.4 is 10.2 Å². The third kappa shape index (κ3) is 3.88. The van der Waals surface area contributed by atoms with Crippen LogP contribution in [0, 0.1) is 22.9 Å². The van der Waals surface area contributed by atoms with Crippen LogP contribution in [0.3, 0.4) is 0 Å². The normalized spacial score (nSPS) is 14.2. The molecule has 4 rings (SSSR count). The van der Waals surface area contributed by atoms with E-state index < -0.39 is 10.7 Å². The number of nitrogens with zero attached hydrogens (tertiary/aromatic N) is 3. The first-order valence-electron chi connectivity index (χ1n) is 9.07. The van der Waals surface area contributed by atoms with Gasteiger partial charge in [0, 0.05) is 29.9 Å². The number of ether oxygens (including phenoxy) is 1. The number of aryl methyl sites for hydroxylation is 1. The van der Waals surface area contributed by atoms with Crippen molar-refractivity contribution in [2.24, 2.45) is 0 Å². The van der Waals surface area contributed by atoms with Gasteiger partial charge in [0.1, 0.15) is 17.0 Å². The summed E-state index contributed by atoms with van der Waals surface area (Å²) in [6.07, 6.45) is 0. The van der Waals surface area contributed by atoms with Crippen molar-refractivity contribution >= 4 is 49.6 Å². The number of benzene rings is 2. The summed E-state index contributed by atoms with van der Waals surface area (Å²) in [5, 5.41) is 15.4. The summed E-state index contributed by atoms with van der Waals surface area (Å²) < 4.78 is 20.0. The first-order chi connectivity index (χ1) is 13.9. The molecule has 9 heteroatoms. The zero-order valence-corrected chi connectivity index (χ0v) is 17.2. The second kappa shape index (κ2) is 7.92. The van der Waals surface area contributed by atoms with Crippen LogP contribution in [0.5, 0.6) is 0 Å².